The maximum absolute atomic E-state index is 12.3. The van der Waals surface area contributed by atoms with E-state index in [0.717, 1.165) is 22.5 Å². The van der Waals surface area contributed by atoms with Crippen LogP contribution in [0.1, 0.15) is 15.9 Å². The van der Waals surface area contributed by atoms with Crippen molar-refractivity contribution < 1.29 is 4.79 Å². The van der Waals surface area contributed by atoms with Crippen LogP contribution < -0.4 is 5.32 Å². The number of H-pyrrole nitrogens is 1. The minimum Gasteiger partial charge on any atom is -0.354 e. The summed E-state index contributed by atoms with van der Waals surface area (Å²) in [5, 5.41) is 4.74. The molecular formula is C24H21ClN2OS. The summed E-state index contributed by atoms with van der Waals surface area (Å²) in [7, 11) is 0. The number of hydrogen-bond acceptors (Lipinski definition) is 2. The maximum atomic E-state index is 12.3. The van der Waals surface area contributed by atoms with Crippen molar-refractivity contribution in [1.82, 2.24) is 10.3 Å². The first-order valence-electron chi connectivity index (χ1n) is 9.46. The van der Waals surface area contributed by atoms with E-state index in [1.54, 1.807) is 36.0 Å². The summed E-state index contributed by atoms with van der Waals surface area (Å²) in [4.78, 5) is 17.1. The highest BCUT2D eigenvalue weighted by Crippen LogP contribution is 2.37. The van der Waals surface area contributed by atoms with Crippen LogP contribution in [0.2, 0.25) is 5.02 Å². The Kier molecular flexibility index (Phi) is 5.93. The molecule has 1 amide bonds. The molecule has 0 radical (unpaired) electrons. The van der Waals surface area contributed by atoms with Gasteiger partial charge in [0.05, 0.1) is 5.69 Å². The molecule has 2 N–H and O–H groups in total. The Labute approximate surface area is 179 Å². The number of carbonyl (C=O) groups excluding carboxylic acids is 1. The number of amides is 1. The molecule has 4 aromatic rings. The van der Waals surface area contributed by atoms with Crippen LogP contribution in [0.25, 0.3) is 22.2 Å². The lowest BCUT2D eigenvalue weighted by atomic mass is 10.1. The third-order valence-electron chi connectivity index (χ3n) is 4.72. The molecular weight excluding hydrogens is 400 g/mol. The van der Waals surface area contributed by atoms with Crippen molar-refractivity contribution in [3.63, 3.8) is 0 Å². The van der Waals surface area contributed by atoms with Gasteiger partial charge in [0.15, 0.2) is 0 Å². The van der Waals surface area contributed by atoms with E-state index in [4.69, 9.17) is 11.6 Å². The smallest absolute Gasteiger partial charge is 0.251 e. The lowest BCUT2D eigenvalue weighted by Gasteiger charge is -2.08. The maximum Gasteiger partial charge on any atom is 0.251 e. The number of aryl methyl sites for hydroxylation is 1. The first-order valence-corrected chi connectivity index (χ1v) is 10.8. The molecule has 0 saturated carbocycles. The summed E-state index contributed by atoms with van der Waals surface area (Å²) in [6.45, 7) is 2.66. The third kappa shape index (κ3) is 4.50. The number of nitrogens with one attached hydrogen (secondary N) is 2. The van der Waals surface area contributed by atoms with E-state index in [2.05, 4.69) is 59.7 Å². The summed E-state index contributed by atoms with van der Waals surface area (Å²) >= 11 is 7.72. The van der Waals surface area contributed by atoms with E-state index in [9.17, 15) is 4.79 Å². The van der Waals surface area contributed by atoms with Crippen molar-refractivity contribution >= 4 is 40.2 Å². The molecule has 0 unspecified atom stereocenters. The summed E-state index contributed by atoms with van der Waals surface area (Å²) in [5.74, 6) is 0.665. The van der Waals surface area contributed by atoms with Crippen molar-refractivity contribution in [3.8, 4) is 11.3 Å². The molecule has 0 bridgehead atoms. The number of aromatic nitrogens is 1. The molecule has 0 saturated heterocycles. The lowest BCUT2D eigenvalue weighted by Crippen LogP contribution is -2.25. The van der Waals surface area contributed by atoms with Gasteiger partial charge in [-0.15, -0.1) is 11.8 Å². The number of halogens is 1. The Morgan fingerprint density at radius 3 is 2.62 bits per heavy atom. The summed E-state index contributed by atoms with van der Waals surface area (Å²) < 4.78 is 0. The van der Waals surface area contributed by atoms with Crippen molar-refractivity contribution in [2.75, 3.05) is 12.3 Å². The molecule has 0 spiro atoms. The zero-order chi connectivity index (χ0) is 20.2. The molecule has 0 atom stereocenters. The van der Waals surface area contributed by atoms with Gasteiger partial charge in [0.25, 0.3) is 5.91 Å². The normalized spacial score (nSPS) is 11.0. The van der Waals surface area contributed by atoms with Crippen LogP contribution >= 0.6 is 23.4 Å². The number of rotatable bonds is 6. The zero-order valence-corrected chi connectivity index (χ0v) is 17.6. The summed E-state index contributed by atoms with van der Waals surface area (Å²) in [6.07, 6.45) is 0. The molecule has 0 aliphatic rings. The van der Waals surface area contributed by atoms with Crippen LogP contribution in [0.4, 0.5) is 0 Å². The van der Waals surface area contributed by atoms with Gasteiger partial charge in [-0.05, 0) is 36.8 Å². The predicted molar refractivity (Wildman–Crippen MR) is 123 cm³/mol. The second-order valence-corrected chi connectivity index (χ2v) is 8.40. The fraction of sp³-hybridized carbons (Fsp3) is 0.125. The number of benzene rings is 3. The van der Waals surface area contributed by atoms with E-state index >= 15 is 0 Å². The quantitative estimate of drug-likeness (QED) is 0.283. The molecule has 1 aromatic heterocycles. The van der Waals surface area contributed by atoms with Crippen LogP contribution in [-0.2, 0) is 0 Å². The van der Waals surface area contributed by atoms with E-state index < -0.39 is 0 Å². The van der Waals surface area contributed by atoms with E-state index in [-0.39, 0.29) is 5.91 Å². The van der Waals surface area contributed by atoms with Gasteiger partial charge in [-0.25, -0.2) is 0 Å². The number of thioether (sulfide) groups is 1. The topological polar surface area (TPSA) is 44.9 Å². The van der Waals surface area contributed by atoms with Gasteiger partial charge in [-0.1, -0.05) is 65.7 Å². The molecule has 146 valence electrons. The molecule has 0 aliphatic heterocycles. The third-order valence-corrected chi connectivity index (χ3v) is 6.08. The van der Waals surface area contributed by atoms with Crippen LogP contribution in [0.15, 0.2) is 77.7 Å². The number of aromatic amines is 1. The first kappa shape index (κ1) is 19.6. The number of fused-ring (bicyclic) bond motifs is 1. The minimum absolute atomic E-state index is 0.106. The van der Waals surface area contributed by atoms with Gasteiger partial charge in [-0.3, -0.25) is 4.79 Å². The Hall–Kier alpha value is -2.69. The predicted octanol–water partition coefficient (Wildman–Crippen LogP) is 6.32. The van der Waals surface area contributed by atoms with Crippen molar-refractivity contribution in [1.29, 1.82) is 0 Å². The van der Waals surface area contributed by atoms with Gasteiger partial charge in [-0.2, -0.15) is 0 Å². The largest absolute Gasteiger partial charge is 0.354 e. The SMILES string of the molecule is Cc1ccc(-c2[nH]c3ccccc3c2SCCNC(=O)c2cccc(Cl)c2)cc1. The highest BCUT2D eigenvalue weighted by Gasteiger charge is 2.14. The van der Waals surface area contributed by atoms with E-state index in [1.807, 2.05) is 6.07 Å². The Bertz CT molecular complexity index is 1150. The highest BCUT2D eigenvalue weighted by atomic mass is 35.5. The van der Waals surface area contributed by atoms with Crippen LogP contribution in [0, 0.1) is 6.92 Å². The van der Waals surface area contributed by atoms with Gasteiger partial charge in [0, 0.05) is 38.7 Å². The van der Waals surface area contributed by atoms with Crippen molar-refractivity contribution in [2.45, 2.75) is 11.8 Å². The van der Waals surface area contributed by atoms with E-state index in [0.29, 0.717) is 17.1 Å². The molecule has 3 nitrogen and oxygen atoms in total. The van der Waals surface area contributed by atoms with Crippen LogP contribution in [-0.4, -0.2) is 23.2 Å². The Balaban J connectivity index is 1.49. The fourth-order valence-corrected chi connectivity index (χ4v) is 4.48. The average molecular weight is 421 g/mol. The molecule has 29 heavy (non-hydrogen) atoms. The first-order chi connectivity index (χ1) is 14.1. The lowest BCUT2D eigenvalue weighted by molar-refractivity contribution is 0.0956. The van der Waals surface area contributed by atoms with Crippen LogP contribution in [0.3, 0.4) is 0 Å². The molecule has 5 heteroatoms. The monoisotopic (exact) mass is 420 g/mol. The van der Waals surface area contributed by atoms with Gasteiger partial charge >= 0.3 is 0 Å². The molecule has 0 fully saturated rings. The molecule has 0 aliphatic carbocycles. The second-order valence-electron chi connectivity index (χ2n) is 6.86. The molecule has 4 rings (SSSR count). The number of hydrogen-bond donors (Lipinski definition) is 2. The van der Waals surface area contributed by atoms with E-state index in [1.165, 1.54) is 15.8 Å². The van der Waals surface area contributed by atoms with Gasteiger partial charge in [0.1, 0.15) is 0 Å². The highest BCUT2D eigenvalue weighted by molar-refractivity contribution is 7.99. The minimum atomic E-state index is -0.106. The Morgan fingerprint density at radius 1 is 1.03 bits per heavy atom. The van der Waals surface area contributed by atoms with Crippen LogP contribution in [0.5, 0.6) is 0 Å². The number of carbonyl (C=O) groups is 1. The molecule has 3 aromatic carbocycles. The zero-order valence-electron chi connectivity index (χ0n) is 16.0. The molecule has 1 heterocycles. The summed E-state index contributed by atoms with van der Waals surface area (Å²) in [5.41, 5.74) is 5.22. The Morgan fingerprint density at radius 2 is 1.83 bits per heavy atom. The standard InChI is InChI=1S/C24H21ClN2OS/c1-16-9-11-17(12-10-16)22-23(20-7-2-3-8-21(20)27-22)29-14-13-26-24(28)18-5-4-6-19(25)15-18/h2-12,15,27H,13-14H2,1H3,(H,26,28). The van der Waals surface area contributed by atoms with Gasteiger partial charge in [0.2, 0.25) is 0 Å². The average Bonchev–Trinajstić information content (AvgIpc) is 3.10. The second kappa shape index (κ2) is 8.76. The fourth-order valence-electron chi connectivity index (χ4n) is 3.24. The number of para-hydroxylation sites is 1. The van der Waals surface area contributed by atoms with Crippen molar-refractivity contribution in [3.05, 3.63) is 88.9 Å². The van der Waals surface area contributed by atoms with Crippen molar-refractivity contribution in [2.24, 2.45) is 0 Å². The van der Waals surface area contributed by atoms with Gasteiger partial charge < -0.3 is 10.3 Å². The summed E-state index contributed by atoms with van der Waals surface area (Å²) in [6, 6.07) is 23.9.